The van der Waals surface area contributed by atoms with Crippen LogP contribution in [0, 0.1) is 11.3 Å². The van der Waals surface area contributed by atoms with Crippen LogP contribution in [0.15, 0.2) is 10.5 Å². The molecule has 4 nitrogen and oxygen atoms in total. The molecule has 1 N–H and O–H groups in total. The molecule has 0 aliphatic carbocycles. The molecule has 0 saturated carbocycles. The van der Waals surface area contributed by atoms with Crippen molar-refractivity contribution in [2.24, 2.45) is 0 Å². The summed E-state index contributed by atoms with van der Waals surface area (Å²) in [6.45, 7) is 0. The predicted molar refractivity (Wildman–Crippen MR) is 35.4 cm³/mol. The van der Waals surface area contributed by atoms with Crippen LogP contribution in [-0.2, 0) is 0 Å². The fourth-order valence-electron chi connectivity index (χ4n) is 0.550. The van der Waals surface area contributed by atoms with Crippen molar-refractivity contribution in [2.45, 2.75) is 0 Å². The Morgan fingerprint density at radius 3 is 2.73 bits per heavy atom. The van der Waals surface area contributed by atoms with Gasteiger partial charge in [-0.1, -0.05) is 11.6 Å². The highest BCUT2D eigenvalue weighted by atomic mass is 35.5. The largest absolute Gasteiger partial charge is 0.475 e. The molecule has 1 aromatic heterocycles. The minimum absolute atomic E-state index is 0.0184. The molecule has 56 valence electrons. The predicted octanol–water partition coefficient (Wildman–Crippen LogP) is 1.50. The number of nitrogens with zero attached hydrogens (tertiary/aromatic N) is 1. The molecular weight excluding hydrogens is 170 g/mol. The van der Waals surface area contributed by atoms with Gasteiger partial charge in [0.15, 0.2) is 0 Å². The Kier molecular flexibility index (Phi) is 1.83. The summed E-state index contributed by atoms with van der Waals surface area (Å²) in [4.78, 5) is 10.2. The summed E-state index contributed by atoms with van der Waals surface area (Å²) in [5, 5.41) is 16.7. The summed E-state index contributed by atoms with van der Waals surface area (Å²) in [6, 6.07) is 2.69. The number of carbonyl (C=O) groups is 1. The quantitative estimate of drug-likeness (QED) is 0.695. The molecule has 1 rings (SSSR count). The first-order chi connectivity index (χ1) is 5.15. The SMILES string of the molecule is N#Cc1oc(C(=O)O)cc1Cl. The summed E-state index contributed by atoms with van der Waals surface area (Å²) < 4.78 is 4.53. The Morgan fingerprint density at radius 1 is 1.82 bits per heavy atom. The minimum Gasteiger partial charge on any atom is -0.475 e. The fraction of sp³-hybridized carbons (Fsp3) is 0. The van der Waals surface area contributed by atoms with E-state index >= 15 is 0 Å². The molecule has 0 bridgehead atoms. The van der Waals surface area contributed by atoms with E-state index in [1.165, 1.54) is 0 Å². The number of nitriles is 1. The van der Waals surface area contributed by atoms with Crippen molar-refractivity contribution in [1.82, 2.24) is 0 Å². The molecule has 0 saturated heterocycles. The first-order valence-corrected chi connectivity index (χ1v) is 2.95. The van der Waals surface area contributed by atoms with E-state index in [0.29, 0.717) is 0 Å². The number of hydrogen-bond donors (Lipinski definition) is 1. The van der Waals surface area contributed by atoms with Crippen LogP contribution in [-0.4, -0.2) is 11.1 Å². The van der Waals surface area contributed by atoms with Gasteiger partial charge in [0.2, 0.25) is 11.5 Å². The number of aromatic carboxylic acids is 1. The summed E-state index contributed by atoms with van der Waals surface area (Å²) in [5.41, 5.74) is 0. The highest BCUT2D eigenvalue weighted by Crippen LogP contribution is 2.19. The average molecular weight is 172 g/mol. The second kappa shape index (κ2) is 2.64. The zero-order chi connectivity index (χ0) is 8.43. The van der Waals surface area contributed by atoms with Crippen molar-refractivity contribution in [2.75, 3.05) is 0 Å². The monoisotopic (exact) mass is 171 g/mol. The van der Waals surface area contributed by atoms with E-state index in [0.717, 1.165) is 6.07 Å². The lowest BCUT2D eigenvalue weighted by Crippen LogP contribution is -1.91. The molecular formula is C6H2ClNO3. The zero-order valence-electron chi connectivity index (χ0n) is 5.17. The molecule has 5 heteroatoms. The van der Waals surface area contributed by atoms with Crippen LogP contribution in [0.3, 0.4) is 0 Å². The van der Waals surface area contributed by atoms with Gasteiger partial charge in [-0.15, -0.1) is 0 Å². The molecule has 11 heavy (non-hydrogen) atoms. The van der Waals surface area contributed by atoms with Crippen LogP contribution in [0.1, 0.15) is 16.3 Å². The maximum Gasteiger partial charge on any atom is 0.371 e. The molecule has 0 aliphatic rings. The van der Waals surface area contributed by atoms with Gasteiger partial charge in [0, 0.05) is 6.07 Å². The van der Waals surface area contributed by atoms with Crippen LogP contribution in [0.25, 0.3) is 0 Å². The maximum absolute atomic E-state index is 10.2. The molecule has 1 aromatic rings. The third-order valence-electron chi connectivity index (χ3n) is 0.999. The summed E-state index contributed by atoms with van der Waals surface area (Å²) in [6.07, 6.45) is 0. The molecule has 0 atom stereocenters. The lowest BCUT2D eigenvalue weighted by Gasteiger charge is -1.80. The normalized spacial score (nSPS) is 9.09. The molecule has 0 radical (unpaired) electrons. The lowest BCUT2D eigenvalue weighted by atomic mass is 10.4. The van der Waals surface area contributed by atoms with Crippen LogP contribution >= 0.6 is 11.6 Å². The second-order valence-corrected chi connectivity index (χ2v) is 2.11. The summed E-state index contributed by atoms with van der Waals surface area (Å²) >= 11 is 5.41. The Hall–Kier alpha value is -1.47. The number of carboxylic acid groups (broad SMARTS) is 1. The smallest absolute Gasteiger partial charge is 0.371 e. The van der Waals surface area contributed by atoms with Crippen molar-refractivity contribution in [1.29, 1.82) is 5.26 Å². The van der Waals surface area contributed by atoms with Crippen molar-refractivity contribution in [3.05, 3.63) is 22.6 Å². The van der Waals surface area contributed by atoms with Crippen molar-refractivity contribution < 1.29 is 14.3 Å². The van der Waals surface area contributed by atoms with E-state index in [2.05, 4.69) is 4.42 Å². The van der Waals surface area contributed by atoms with Crippen molar-refractivity contribution in [3.8, 4) is 6.07 Å². The standard InChI is InChI=1S/C6H2ClNO3/c7-3-1-4(6(9)10)11-5(3)2-8/h1H,(H,9,10). The average Bonchev–Trinajstić information content (AvgIpc) is 2.31. The maximum atomic E-state index is 10.2. The van der Waals surface area contributed by atoms with E-state index in [9.17, 15) is 4.79 Å². The lowest BCUT2D eigenvalue weighted by molar-refractivity contribution is 0.0662. The first kappa shape index (κ1) is 7.63. The van der Waals surface area contributed by atoms with E-state index < -0.39 is 5.97 Å². The third kappa shape index (κ3) is 1.33. The van der Waals surface area contributed by atoms with Gasteiger partial charge in [-0.25, -0.2) is 4.79 Å². The molecule has 0 unspecified atom stereocenters. The van der Waals surface area contributed by atoms with Gasteiger partial charge in [-0.2, -0.15) is 5.26 Å². The van der Waals surface area contributed by atoms with E-state index in [-0.39, 0.29) is 16.5 Å². The van der Waals surface area contributed by atoms with Gasteiger partial charge in [0.1, 0.15) is 6.07 Å². The zero-order valence-corrected chi connectivity index (χ0v) is 5.92. The van der Waals surface area contributed by atoms with Crippen LogP contribution < -0.4 is 0 Å². The summed E-state index contributed by atoms with van der Waals surface area (Å²) in [7, 11) is 0. The Morgan fingerprint density at radius 2 is 2.45 bits per heavy atom. The molecule has 0 fully saturated rings. The highest BCUT2D eigenvalue weighted by Gasteiger charge is 2.13. The number of carboxylic acids is 1. The first-order valence-electron chi connectivity index (χ1n) is 2.58. The molecule has 0 aliphatic heterocycles. The number of hydrogen-bond acceptors (Lipinski definition) is 3. The number of rotatable bonds is 1. The van der Waals surface area contributed by atoms with Crippen LogP contribution in [0.5, 0.6) is 0 Å². The van der Waals surface area contributed by atoms with Gasteiger partial charge < -0.3 is 9.52 Å². The van der Waals surface area contributed by atoms with Crippen molar-refractivity contribution in [3.63, 3.8) is 0 Å². The van der Waals surface area contributed by atoms with Gasteiger partial charge in [-0.3, -0.25) is 0 Å². The Bertz CT molecular complexity index is 336. The number of furan rings is 1. The third-order valence-corrected chi connectivity index (χ3v) is 1.28. The molecule has 0 spiro atoms. The van der Waals surface area contributed by atoms with E-state index in [1.807, 2.05) is 0 Å². The van der Waals surface area contributed by atoms with Crippen molar-refractivity contribution >= 4 is 17.6 Å². The van der Waals surface area contributed by atoms with Gasteiger partial charge >= 0.3 is 5.97 Å². The Balaban J connectivity index is 3.18. The van der Waals surface area contributed by atoms with E-state index in [1.54, 1.807) is 6.07 Å². The summed E-state index contributed by atoms with van der Waals surface area (Å²) in [5.74, 6) is -1.75. The molecule has 1 heterocycles. The van der Waals surface area contributed by atoms with Gasteiger partial charge in [0.05, 0.1) is 5.02 Å². The Labute approximate surface area is 66.6 Å². The van der Waals surface area contributed by atoms with Crippen LogP contribution in [0.2, 0.25) is 5.02 Å². The van der Waals surface area contributed by atoms with E-state index in [4.69, 9.17) is 22.0 Å². The van der Waals surface area contributed by atoms with Gasteiger partial charge in [-0.05, 0) is 0 Å². The fourth-order valence-corrected chi connectivity index (χ4v) is 0.730. The minimum atomic E-state index is -1.24. The highest BCUT2D eigenvalue weighted by molar-refractivity contribution is 6.31. The topological polar surface area (TPSA) is 74.2 Å². The second-order valence-electron chi connectivity index (χ2n) is 1.70. The molecule has 0 amide bonds. The van der Waals surface area contributed by atoms with Crippen LogP contribution in [0.4, 0.5) is 0 Å². The molecule has 0 aromatic carbocycles. The number of halogens is 1. The van der Waals surface area contributed by atoms with Gasteiger partial charge in [0.25, 0.3) is 0 Å².